The lowest BCUT2D eigenvalue weighted by molar-refractivity contribution is 0.0784. The molecular formula is C19H23NO4. The van der Waals surface area contributed by atoms with E-state index in [-0.39, 0.29) is 5.91 Å². The summed E-state index contributed by atoms with van der Waals surface area (Å²) in [5.41, 5.74) is 1.59. The van der Waals surface area contributed by atoms with E-state index < -0.39 is 0 Å². The van der Waals surface area contributed by atoms with Gasteiger partial charge in [-0.2, -0.15) is 0 Å². The normalized spacial score (nSPS) is 10.2. The Labute approximate surface area is 142 Å². The van der Waals surface area contributed by atoms with Crippen LogP contribution in [0.4, 0.5) is 0 Å². The fourth-order valence-corrected chi connectivity index (χ4v) is 2.39. The first-order chi connectivity index (χ1) is 11.6. The van der Waals surface area contributed by atoms with Gasteiger partial charge in [-0.3, -0.25) is 4.79 Å². The van der Waals surface area contributed by atoms with Crippen molar-refractivity contribution in [2.24, 2.45) is 0 Å². The Hall–Kier alpha value is -2.69. The van der Waals surface area contributed by atoms with Crippen molar-refractivity contribution in [1.82, 2.24) is 4.90 Å². The van der Waals surface area contributed by atoms with Crippen LogP contribution in [0.15, 0.2) is 42.5 Å². The van der Waals surface area contributed by atoms with Gasteiger partial charge in [0.25, 0.3) is 5.91 Å². The van der Waals surface area contributed by atoms with Crippen molar-refractivity contribution in [1.29, 1.82) is 0 Å². The number of amides is 1. The highest BCUT2D eigenvalue weighted by Gasteiger charge is 2.15. The fourth-order valence-electron chi connectivity index (χ4n) is 2.39. The third-order valence-electron chi connectivity index (χ3n) is 3.63. The smallest absolute Gasteiger partial charge is 0.254 e. The van der Waals surface area contributed by atoms with Gasteiger partial charge in [0, 0.05) is 19.2 Å². The number of hydrogen-bond acceptors (Lipinski definition) is 4. The number of benzene rings is 2. The molecule has 0 saturated heterocycles. The molecule has 2 aromatic carbocycles. The molecule has 128 valence electrons. The number of carbonyl (C=O) groups excluding carboxylic acids is 1. The first-order valence-corrected chi connectivity index (χ1v) is 7.78. The maximum absolute atomic E-state index is 12.6. The monoisotopic (exact) mass is 329 g/mol. The summed E-state index contributed by atoms with van der Waals surface area (Å²) in [5.74, 6) is 1.89. The van der Waals surface area contributed by atoms with Gasteiger partial charge in [-0.05, 0) is 42.8 Å². The summed E-state index contributed by atoms with van der Waals surface area (Å²) in [6.07, 6.45) is 0. The number of carbonyl (C=O) groups is 1. The first-order valence-electron chi connectivity index (χ1n) is 7.78. The van der Waals surface area contributed by atoms with Gasteiger partial charge in [0.15, 0.2) is 11.5 Å². The van der Waals surface area contributed by atoms with Gasteiger partial charge in [0.05, 0.1) is 20.8 Å². The van der Waals surface area contributed by atoms with Crippen molar-refractivity contribution in [3.8, 4) is 17.2 Å². The molecule has 0 N–H and O–H groups in total. The van der Waals surface area contributed by atoms with Gasteiger partial charge in [-0.15, -0.1) is 0 Å². The Morgan fingerprint density at radius 3 is 2.25 bits per heavy atom. The van der Waals surface area contributed by atoms with E-state index in [9.17, 15) is 4.79 Å². The van der Waals surface area contributed by atoms with Gasteiger partial charge in [-0.1, -0.05) is 12.1 Å². The Balaban J connectivity index is 2.08. The van der Waals surface area contributed by atoms with Crippen LogP contribution in [0.5, 0.6) is 17.2 Å². The molecule has 0 spiro atoms. The number of methoxy groups -OCH3 is 2. The zero-order valence-corrected chi connectivity index (χ0v) is 14.5. The lowest BCUT2D eigenvalue weighted by Gasteiger charge is -2.18. The molecule has 24 heavy (non-hydrogen) atoms. The highest BCUT2D eigenvalue weighted by atomic mass is 16.5. The van der Waals surface area contributed by atoms with Crippen LogP contribution >= 0.6 is 0 Å². The predicted molar refractivity (Wildman–Crippen MR) is 93.0 cm³/mol. The summed E-state index contributed by atoms with van der Waals surface area (Å²) in [7, 11) is 4.89. The number of hydrogen-bond donors (Lipinski definition) is 0. The molecule has 0 saturated carbocycles. The summed E-state index contributed by atoms with van der Waals surface area (Å²) in [5, 5.41) is 0. The van der Waals surface area contributed by atoms with Gasteiger partial charge < -0.3 is 19.1 Å². The first kappa shape index (κ1) is 17.7. The topological polar surface area (TPSA) is 48.0 Å². The molecule has 0 radical (unpaired) electrons. The van der Waals surface area contributed by atoms with E-state index in [1.54, 1.807) is 44.4 Å². The Morgan fingerprint density at radius 2 is 1.67 bits per heavy atom. The quantitative estimate of drug-likeness (QED) is 0.781. The summed E-state index contributed by atoms with van der Waals surface area (Å²) < 4.78 is 15.9. The molecule has 0 fully saturated rings. The Bertz CT molecular complexity index is 682. The third-order valence-corrected chi connectivity index (χ3v) is 3.63. The summed E-state index contributed by atoms with van der Waals surface area (Å²) in [4.78, 5) is 14.3. The van der Waals surface area contributed by atoms with Crippen LogP contribution in [0.3, 0.4) is 0 Å². The van der Waals surface area contributed by atoms with E-state index in [2.05, 4.69) is 0 Å². The van der Waals surface area contributed by atoms with Crippen molar-refractivity contribution < 1.29 is 19.0 Å². The van der Waals surface area contributed by atoms with E-state index >= 15 is 0 Å². The average Bonchev–Trinajstić information content (AvgIpc) is 2.62. The van der Waals surface area contributed by atoms with Crippen LogP contribution in [0.25, 0.3) is 0 Å². The molecule has 2 rings (SSSR count). The number of nitrogens with zero attached hydrogens (tertiary/aromatic N) is 1. The largest absolute Gasteiger partial charge is 0.494 e. The maximum Gasteiger partial charge on any atom is 0.254 e. The minimum atomic E-state index is -0.0789. The molecule has 0 aromatic heterocycles. The highest BCUT2D eigenvalue weighted by Crippen LogP contribution is 2.28. The van der Waals surface area contributed by atoms with Gasteiger partial charge in [0.1, 0.15) is 5.75 Å². The van der Waals surface area contributed by atoms with E-state index in [0.717, 1.165) is 11.3 Å². The second-order valence-electron chi connectivity index (χ2n) is 5.31. The molecule has 2 aromatic rings. The summed E-state index contributed by atoms with van der Waals surface area (Å²) in [6.45, 7) is 3.10. The number of ether oxygens (including phenoxy) is 3. The molecule has 0 heterocycles. The fraction of sp³-hybridized carbons (Fsp3) is 0.316. The van der Waals surface area contributed by atoms with Crippen LogP contribution in [-0.2, 0) is 6.54 Å². The van der Waals surface area contributed by atoms with Crippen LogP contribution in [0.2, 0.25) is 0 Å². The Morgan fingerprint density at radius 1 is 1.00 bits per heavy atom. The Kier molecular flexibility index (Phi) is 6.07. The molecule has 5 heteroatoms. The second kappa shape index (κ2) is 8.24. The minimum absolute atomic E-state index is 0.0789. The van der Waals surface area contributed by atoms with Crippen LogP contribution < -0.4 is 14.2 Å². The molecule has 0 bridgehead atoms. The van der Waals surface area contributed by atoms with E-state index in [1.807, 2.05) is 31.2 Å². The molecule has 0 aliphatic carbocycles. The predicted octanol–water partition coefficient (Wildman–Crippen LogP) is 3.37. The number of rotatable bonds is 7. The molecule has 0 atom stereocenters. The maximum atomic E-state index is 12.6. The standard InChI is InChI=1S/C19H23NO4/c1-5-24-16-9-6-14(7-10-16)13-20(2)19(21)15-8-11-17(22-3)18(12-15)23-4/h6-12H,5,13H2,1-4H3. The zero-order valence-electron chi connectivity index (χ0n) is 14.5. The van der Waals surface area contributed by atoms with Crippen molar-refractivity contribution in [2.75, 3.05) is 27.9 Å². The van der Waals surface area contributed by atoms with E-state index in [0.29, 0.717) is 30.2 Å². The van der Waals surface area contributed by atoms with Crippen molar-refractivity contribution in [3.63, 3.8) is 0 Å². The minimum Gasteiger partial charge on any atom is -0.494 e. The lowest BCUT2D eigenvalue weighted by Crippen LogP contribution is -2.26. The van der Waals surface area contributed by atoms with Crippen molar-refractivity contribution in [2.45, 2.75) is 13.5 Å². The van der Waals surface area contributed by atoms with Crippen LogP contribution in [0, 0.1) is 0 Å². The second-order valence-corrected chi connectivity index (χ2v) is 5.31. The van der Waals surface area contributed by atoms with Gasteiger partial charge in [0.2, 0.25) is 0 Å². The SMILES string of the molecule is CCOc1ccc(CN(C)C(=O)c2ccc(OC)c(OC)c2)cc1. The molecule has 1 amide bonds. The van der Waals surface area contributed by atoms with E-state index in [4.69, 9.17) is 14.2 Å². The third kappa shape index (κ3) is 4.19. The molecule has 5 nitrogen and oxygen atoms in total. The summed E-state index contributed by atoms with van der Waals surface area (Å²) in [6, 6.07) is 12.9. The van der Waals surface area contributed by atoms with Gasteiger partial charge >= 0.3 is 0 Å². The van der Waals surface area contributed by atoms with Crippen molar-refractivity contribution in [3.05, 3.63) is 53.6 Å². The van der Waals surface area contributed by atoms with Crippen molar-refractivity contribution >= 4 is 5.91 Å². The average molecular weight is 329 g/mol. The van der Waals surface area contributed by atoms with E-state index in [1.165, 1.54) is 0 Å². The zero-order chi connectivity index (χ0) is 17.5. The molecule has 0 aliphatic rings. The summed E-state index contributed by atoms with van der Waals surface area (Å²) >= 11 is 0. The van der Waals surface area contributed by atoms with Gasteiger partial charge in [-0.25, -0.2) is 0 Å². The molecular weight excluding hydrogens is 306 g/mol. The molecule has 0 unspecified atom stereocenters. The van der Waals surface area contributed by atoms with Crippen LogP contribution in [-0.4, -0.2) is 38.7 Å². The lowest BCUT2D eigenvalue weighted by atomic mass is 10.1. The molecule has 0 aliphatic heterocycles. The highest BCUT2D eigenvalue weighted by molar-refractivity contribution is 5.94. The van der Waals surface area contributed by atoms with Crippen LogP contribution in [0.1, 0.15) is 22.8 Å².